The first-order valence-electron chi connectivity index (χ1n) is 7.51. The largest absolute Gasteiger partial charge is 0.497 e. The molecule has 1 aliphatic rings. The summed E-state index contributed by atoms with van der Waals surface area (Å²) in [4.78, 5) is 4.06. The Balaban J connectivity index is 1.99. The summed E-state index contributed by atoms with van der Waals surface area (Å²) in [7, 11) is 5.46. The maximum atomic E-state index is 9.91. The Morgan fingerprint density at radius 3 is 2.68 bits per heavy atom. The van der Waals surface area contributed by atoms with Crippen LogP contribution in [0, 0.1) is 0 Å². The van der Waals surface area contributed by atoms with Crippen molar-refractivity contribution in [1.29, 1.82) is 0 Å². The van der Waals surface area contributed by atoms with Crippen molar-refractivity contribution in [1.82, 2.24) is 9.80 Å². The average Bonchev–Trinajstić information content (AvgIpc) is 2.43. The number of benzene rings is 1. The smallest absolute Gasteiger partial charge is 0.124 e. The normalized spacial score (nSPS) is 17.4. The molecule has 22 heavy (non-hydrogen) atoms. The molecule has 124 valence electrons. The molecule has 0 radical (unpaired) electrons. The maximum absolute atomic E-state index is 9.91. The van der Waals surface area contributed by atoms with E-state index in [2.05, 4.69) is 4.90 Å². The van der Waals surface area contributed by atoms with Gasteiger partial charge in [0.1, 0.15) is 24.2 Å². The second kappa shape index (κ2) is 7.78. The molecule has 0 amide bonds. The highest BCUT2D eigenvalue weighted by Gasteiger charge is 2.25. The summed E-state index contributed by atoms with van der Waals surface area (Å²) < 4.78 is 11.0. The summed E-state index contributed by atoms with van der Waals surface area (Å²) in [5, 5.41) is 19.3. The van der Waals surface area contributed by atoms with E-state index in [1.54, 1.807) is 7.11 Å². The van der Waals surface area contributed by atoms with Gasteiger partial charge in [0.15, 0.2) is 0 Å². The third kappa shape index (κ3) is 4.84. The molecular formula is C16H26N2O4. The summed E-state index contributed by atoms with van der Waals surface area (Å²) in [5.74, 6) is 1.53. The van der Waals surface area contributed by atoms with Crippen LogP contribution in [-0.2, 0) is 6.54 Å². The van der Waals surface area contributed by atoms with Crippen molar-refractivity contribution in [3.05, 3.63) is 23.8 Å². The van der Waals surface area contributed by atoms with Crippen LogP contribution >= 0.6 is 0 Å². The number of rotatable bonds is 8. The fourth-order valence-electron chi connectivity index (χ4n) is 2.52. The van der Waals surface area contributed by atoms with E-state index in [-0.39, 0.29) is 12.7 Å². The number of β-amino-alcohol motifs (C(OH)–C–C–N with tert-alkyl or cyclic N) is 1. The first kappa shape index (κ1) is 17.0. The lowest BCUT2D eigenvalue weighted by molar-refractivity contribution is -0.00354. The van der Waals surface area contributed by atoms with Crippen molar-refractivity contribution in [2.75, 3.05) is 47.4 Å². The van der Waals surface area contributed by atoms with Crippen molar-refractivity contribution in [2.45, 2.75) is 18.8 Å². The first-order chi connectivity index (χ1) is 10.5. The molecular weight excluding hydrogens is 284 g/mol. The number of likely N-dealkylation sites (tertiary alicyclic amines) is 1. The van der Waals surface area contributed by atoms with E-state index in [1.165, 1.54) is 0 Å². The minimum Gasteiger partial charge on any atom is -0.497 e. The predicted octanol–water partition coefficient (Wildman–Crippen LogP) is 0.173. The molecule has 1 aliphatic heterocycles. The fraction of sp³-hybridized carbons (Fsp3) is 0.625. The number of aliphatic hydroxyl groups excluding tert-OH is 2. The molecule has 1 aromatic rings. The number of hydrogen-bond donors (Lipinski definition) is 2. The van der Waals surface area contributed by atoms with Gasteiger partial charge in [0, 0.05) is 31.7 Å². The molecule has 0 bridgehead atoms. The van der Waals surface area contributed by atoms with Crippen LogP contribution < -0.4 is 9.47 Å². The Morgan fingerprint density at radius 2 is 2.09 bits per heavy atom. The molecule has 6 nitrogen and oxygen atoms in total. The van der Waals surface area contributed by atoms with Crippen LogP contribution in [0.15, 0.2) is 18.2 Å². The lowest BCUT2D eigenvalue weighted by Gasteiger charge is -2.36. The SMILES string of the molecule is COc1ccc(OC[C@@H](O)CN(C)C)c(CN2CC(O)C2)c1. The van der Waals surface area contributed by atoms with E-state index in [0.29, 0.717) is 26.2 Å². The predicted molar refractivity (Wildman–Crippen MR) is 84.3 cm³/mol. The lowest BCUT2D eigenvalue weighted by Crippen LogP contribution is -2.49. The summed E-state index contributed by atoms with van der Waals surface area (Å²) in [6.07, 6.45) is -0.757. The molecule has 0 aliphatic carbocycles. The molecule has 6 heteroatoms. The second-order valence-electron chi connectivity index (χ2n) is 6.05. The van der Waals surface area contributed by atoms with Crippen LogP contribution in [0.1, 0.15) is 5.56 Å². The van der Waals surface area contributed by atoms with Gasteiger partial charge in [-0.25, -0.2) is 0 Å². The van der Waals surface area contributed by atoms with Gasteiger partial charge in [0.25, 0.3) is 0 Å². The van der Waals surface area contributed by atoms with E-state index in [4.69, 9.17) is 9.47 Å². The lowest BCUT2D eigenvalue weighted by atomic mass is 10.1. The Morgan fingerprint density at radius 1 is 1.36 bits per heavy atom. The third-order valence-electron chi connectivity index (χ3n) is 3.61. The number of aliphatic hydroxyl groups is 2. The van der Waals surface area contributed by atoms with E-state index in [0.717, 1.165) is 17.1 Å². The van der Waals surface area contributed by atoms with Gasteiger partial charge in [-0.05, 0) is 32.3 Å². The Kier molecular flexibility index (Phi) is 6.02. The fourth-order valence-corrected chi connectivity index (χ4v) is 2.52. The van der Waals surface area contributed by atoms with Gasteiger partial charge in [-0.15, -0.1) is 0 Å². The van der Waals surface area contributed by atoms with Crippen LogP contribution in [0.2, 0.25) is 0 Å². The topological polar surface area (TPSA) is 65.4 Å². The molecule has 2 rings (SSSR count). The van der Waals surface area contributed by atoms with E-state index >= 15 is 0 Å². The van der Waals surface area contributed by atoms with Gasteiger partial charge in [-0.2, -0.15) is 0 Å². The van der Waals surface area contributed by atoms with Crippen molar-refractivity contribution in [3.63, 3.8) is 0 Å². The van der Waals surface area contributed by atoms with Crippen LogP contribution in [0.5, 0.6) is 11.5 Å². The molecule has 1 heterocycles. The van der Waals surface area contributed by atoms with Crippen molar-refractivity contribution in [3.8, 4) is 11.5 Å². The summed E-state index contributed by atoms with van der Waals surface area (Å²) in [6.45, 7) is 2.87. The van der Waals surface area contributed by atoms with Gasteiger partial charge in [0.05, 0.1) is 13.2 Å². The third-order valence-corrected chi connectivity index (χ3v) is 3.61. The number of ether oxygens (including phenoxy) is 2. The van der Waals surface area contributed by atoms with Crippen LogP contribution in [-0.4, -0.2) is 79.7 Å². The Labute approximate surface area is 131 Å². The zero-order chi connectivity index (χ0) is 16.1. The number of likely N-dealkylation sites (N-methyl/N-ethyl adjacent to an activating group) is 1. The van der Waals surface area contributed by atoms with Gasteiger partial charge in [-0.3, -0.25) is 4.90 Å². The molecule has 0 spiro atoms. The minimum atomic E-state index is -0.532. The summed E-state index contributed by atoms with van der Waals surface area (Å²) in [6, 6.07) is 5.66. The van der Waals surface area contributed by atoms with E-state index in [1.807, 2.05) is 37.2 Å². The van der Waals surface area contributed by atoms with Crippen LogP contribution in [0.3, 0.4) is 0 Å². The molecule has 1 fully saturated rings. The highest BCUT2D eigenvalue weighted by molar-refractivity contribution is 5.40. The molecule has 0 unspecified atom stereocenters. The van der Waals surface area contributed by atoms with Gasteiger partial charge in [0.2, 0.25) is 0 Å². The first-order valence-corrected chi connectivity index (χ1v) is 7.51. The maximum Gasteiger partial charge on any atom is 0.124 e. The zero-order valence-electron chi connectivity index (χ0n) is 13.5. The molecule has 2 N–H and O–H groups in total. The Bertz CT molecular complexity index is 475. The highest BCUT2D eigenvalue weighted by atomic mass is 16.5. The molecule has 1 aromatic carbocycles. The number of nitrogens with zero attached hydrogens (tertiary/aromatic N) is 2. The standard InChI is InChI=1S/C16H26N2O4/c1-17(2)8-14(20)11-22-16-5-4-15(21-3)6-12(16)7-18-9-13(19)10-18/h4-6,13-14,19-20H,7-11H2,1-3H3/t14-/m0/s1. The van der Waals surface area contributed by atoms with Crippen molar-refractivity contribution < 1.29 is 19.7 Å². The van der Waals surface area contributed by atoms with Crippen LogP contribution in [0.25, 0.3) is 0 Å². The summed E-state index contributed by atoms with van der Waals surface area (Å²) >= 11 is 0. The zero-order valence-corrected chi connectivity index (χ0v) is 13.5. The quantitative estimate of drug-likeness (QED) is 0.714. The van der Waals surface area contributed by atoms with Crippen molar-refractivity contribution >= 4 is 0 Å². The highest BCUT2D eigenvalue weighted by Crippen LogP contribution is 2.27. The molecule has 0 aromatic heterocycles. The summed E-state index contributed by atoms with van der Waals surface area (Å²) in [5.41, 5.74) is 1.00. The minimum absolute atomic E-state index is 0.225. The van der Waals surface area contributed by atoms with Crippen LogP contribution in [0.4, 0.5) is 0 Å². The number of methoxy groups -OCH3 is 1. The second-order valence-corrected chi connectivity index (χ2v) is 6.05. The molecule has 1 atom stereocenters. The monoisotopic (exact) mass is 310 g/mol. The van der Waals surface area contributed by atoms with Crippen molar-refractivity contribution in [2.24, 2.45) is 0 Å². The van der Waals surface area contributed by atoms with E-state index in [9.17, 15) is 10.2 Å². The Hall–Kier alpha value is -1.34. The van der Waals surface area contributed by atoms with Gasteiger partial charge in [-0.1, -0.05) is 0 Å². The molecule has 1 saturated heterocycles. The van der Waals surface area contributed by atoms with E-state index < -0.39 is 6.10 Å². The molecule has 0 saturated carbocycles. The number of hydrogen-bond acceptors (Lipinski definition) is 6. The van der Waals surface area contributed by atoms with Gasteiger partial charge < -0.3 is 24.6 Å². The van der Waals surface area contributed by atoms with Gasteiger partial charge >= 0.3 is 0 Å². The average molecular weight is 310 g/mol.